The second-order valence-electron chi connectivity index (χ2n) is 5.70. The third-order valence-corrected chi connectivity index (χ3v) is 4.45. The van der Waals surface area contributed by atoms with Gasteiger partial charge in [0.2, 0.25) is 0 Å². The van der Waals surface area contributed by atoms with Gasteiger partial charge in [-0.1, -0.05) is 28.1 Å². The molecule has 25 heavy (non-hydrogen) atoms. The third kappa shape index (κ3) is 3.69. The summed E-state index contributed by atoms with van der Waals surface area (Å²) in [6.45, 7) is 2.36. The van der Waals surface area contributed by atoms with E-state index in [2.05, 4.69) is 15.9 Å². The molecule has 3 aromatic rings. The lowest BCUT2D eigenvalue weighted by atomic mass is 10.1. The lowest BCUT2D eigenvalue weighted by Crippen LogP contribution is -2.31. The molecule has 0 saturated heterocycles. The van der Waals surface area contributed by atoms with Crippen molar-refractivity contribution in [2.24, 2.45) is 0 Å². The maximum absolute atomic E-state index is 13.5. The highest BCUT2D eigenvalue weighted by atomic mass is 79.9. The number of likely N-dealkylation sites (N-methyl/N-ethyl adjacent to an activating group) is 1. The van der Waals surface area contributed by atoms with Crippen LogP contribution >= 0.6 is 15.9 Å². The van der Waals surface area contributed by atoms with Crippen molar-refractivity contribution in [3.05, 3.63) is 64.1 Å². The summed E-state index contributed by atoms with van der Waals surface area (Å²) in [6.07, 6.45) is 0. The summed E-state index contributed by atoms with van der Waals surface area (Å²) in [5, 5.41) is 0.897. The smallest absolute Gasteiger partial charge is 0.289 e. The van der Waals surface area contributed by atoms with Gasteiger partial charge in [-0.2, -0.15) is 0 Å². The van der Waals surface area contributed by atoms with E-state index in [0.29, 0.717) is 17.9 Å². The average molecular weight is 406 g/mol. The van der Waals surface area contributed by atoms with E-state index in [-0.39, 0.29) is 18.3 Å². The minimum Gasteiger partial charge on any atom is -0.489 e. The Morgan fingerprint density at radius 2 is 2.04 bits per heavy atom. The van der Waals surface area contributed by atoms with Gasteiger partial charge in [-0.3, -0.25) is 4.79 Å². The Bertz CT molecular complexity index is 922. The lowest BCUT2D eigenvalue weighted by Gasteiger charge is -2.16. The summed E-state index contributed by atoms with van der Waals surface area (Å²) in [4.78, 5) is 14.1. The first-order chi connectivity index (χ1) is 12.0. The molecule has 0 fully saturated rings. The van der Waals surface area contributed by atoms with Gasteiger partial charge >= 0.3 is 0 Å². The zero-order valence-corrected chi connectivity index (χ0v) is 15.5. The topological polar surface area (TPSA) is 42.7 Å². The van der Waals surface area contributed by atoms with Crippen LogP contribution in [0.3, 0.4) is 0 Å². The van der Waals surface area contributed by atoms with Crippen LogP contribution in [-0.2, 0) is 0 Å². The van der Waals surface area contributed by atoms with Gasteiger partial charge in [0.25, 0.3) is 5.91 Å². The van der Waals surface area contributed by atoms with Crippen LogP contribution in [0.25, 0.3) is 11.0 Å². The molecule has 0 radical (unpaired) electrons. The van der Waals surface area contributed by atoms with Crippen LogP contribution in [0.5, 0.6) is 5.75 Å². The quantitative estimate of drug-likeness (QED) is 0.612. The zero-order valence-electron chi connectivity index (χ0n) is 13.9. The van der Waals surface area contributed by atoms with Crippen molar-refractivity contribution in [1.82, 2.24) is 4.90 Å². The molecule has 4 nitrogen and oxygen atoms in total. The number of carbonyl (C=O) groups excluding carboxylic acids is 1. The summed E-state index contributed by atoms with van der Waals surface area (Å²) in [6, 6.07) is 11.8. The van der Waals surface area contributed by atoms with Crippen LogP contribution in [0.4, 0.5) is 4.39 Å². The van der Waals surface area contributed by atoms with E-state index >= 15 is 0 Å². The molecule has 2 aromatic carbocycles. The summed E-state index contributed by atoms with van der Waals surface area (Å²) in [5.74, 6) is -0.174. The number of nitrogens with zero attached hydrogens (tertiary/aromatic N) is 1. The highest BCUT2D eigenvalue weighted by Gasteiger charge is 2.21. The standard InChI is InChI=1S/C19H17BrFNO3/c1-12-14-11-13(20)7-8-16(14)25-18(12)19(23)22(2)9-10-24-17-6-4-3-5-15(17)21/h3-8,11H,9-10H2,1-2H3. The van der Waals surface area contributed by atoms with Gasteiger partial charge < -0.3 is 14.1 Å². The van der Waals surface area contributed by atoms with Crippen LogP contribution in [0.1, 0.15) is 16.1 Å². The molecule has 0 bridgehead atoms. The Kier molecular flexibility index (Phi) is 5.08. The molecule has 1 aromatic heterocycles. The number of hydrogen-bond acceptors (Lipinski definition) is 3. The lowest BCUT2D eigenvalue weighted by molar-refractivity contribution is 0.0743. The second kappa shape index (κ2) is 7.27. The first-order valence-electron chi connectivity index (χ1n) is 7.79. The molecule has 0 aliphatic rings. The molecule has 1 amide bonds. The van der Waals surface area contributed by atoms with Gasteiger partial charge in [-0.05, 0) is 37.3 Å². The molecule has 0 saturated carbocycles. The molecule has 3 rings (SSSR count). The Morgan fingerprint density at radius 3 is 2.80 bits per heavy atom. The second-order valence-corrected chi connectivity index (χ2v) is 6.62. The molecule has 0 unspecified atom stereocenters. The minimum atomic E-state index is -0.421. The fourth-order valence-electron chi connectivity index (χ4n) is 2.53. The Balaban J connectivity index is 1.68. The highest BCUT2D eigenvalue weighted by molar-refractivity contribution is 9.10. The maximum Gasteiger partial charge on any atom is 0.289 e. The molecule has 6 heteroatoms. The van der Waals surface area contributed by atoms with Gasteiger partial charge in [-0.15, -0.1) is 0 Å². The average Bonchev–Trinajstić information content (AvgIpc) is 2.92. The molecule has 0 N–H and O–H groups in total. The summed E-state index contributed by atoms with van der Waals surface area (Å²) in [5.41, 5.74) is 1.46. The summed E-state index contributed by atoms with van der Waals surface area (Å²) >= 11 is 3.42. The van der Waals surface area contributed by atoms with Gasteiger partial charge in [0.15, 0.2) is 17.3 Å². The third-order valence-electron chi connectivity index (χ3n) is 3.96. The monoisotopic (exact) mass is 405 g/mol. The number of amides is 1. The number of furan rings is 1. The number of carbonyl (C=O) groups is 1. The molecule has 0 aliphatic carbocycles. The van der Waals surface area contributed by atoms with E-state index in [1.165, 1.54) is 11.0 Å². The van der Waals surface area contributed by atoms with Gasteiger partial charge in [0.1, 0.15) is 12.2 Å². The molecular formula is C19H17BrFNO3. The van der Waals surface area contributed by atoms with Crippen LogP contribution in [-0.4, -0.2) is 31.0 Å². The predicted molar refractivity (Wildman–Crippen MR) is 97.5 cm³/mol. The minimum absolute atomic E-state index is 0.174. The van der Waals surface area contributed by atoms with Crippen LogP contribution in [0.2, 0.25) is 0 Å². The number of fused-ring (bicyclic) bond motifs is 1. The van der Waals surface area contributed by atoms with Crippen molar-refractivity contribution in [2.45, 2.75) is 6.92 Å². The molecule has 0 atom stereocenters. The van der Waals surface area contributed by atoms with Gasteiger partial charge in [0.05, 0.1) is 6.54 Å². The highest BCUT2D eigenvalue weighted by Crippen LogP contribution is 2.28. The largest absolute Gasteiger partial charge is 0.489 e. The van der Waals surface area contributed by atoms with Crippen molar-refractivity contribution in [1.29, 1.82) is 0 Å². The van der Waals surface area contributed by atoms with E-state index in [1.54, 1.807) is 25.2 Å². The number of para-hydroxylation sites is 1. The van der Waals surface area contributed by atoms with Crippen LogP contribution < -0.4 is 4.74 Å². The number of rotatable bonds is 5. The Morgan fingerprint density at radius 1 is 1.28 bits per heavy atom. The van der Waals surface area contributed by atoms with E-state index < -0.39 is 5.82 Å². The van der Waals surface area contributed by atoms with Gasteiger partial charge in [0, 0.05) is 22.5 Å². The van der Waals surface area contributed by atoms with Crippen molar-refractivity contribution in [2.75, 3.05) is 20.2 Å². The number of ether oxygens (including phenoxy) is 1. The molecule has 0 spiro atoms. The first-order valence-corrected chi connectivity index (χ1v) is 8.58. The molecule has 1 heterocycles. The van der Waals surface area contributed by atoms with Crippen LogP contribution in [0.15, 0.2) is 51.4 Å². The van der Waals surface area contributed by atoms with E-state index in [9.17, 15) is 9.18 Å². The number of hydrogen-bond donors (Lipinski definition) is 0. The number of halogens is 2. The van der Waals surface area contributed by atoms with E-state index in [1.807, 2.05) is 25.1 Å². The molecule has 130 valence electrons. The maximum atomic E-state index is 13.5. The van der Waals surface area contributed by atoms with Crippen LogP contribution in [0, 0.1) is 12.7 Å². The predicted octanol–water partition coefficient (Wildman–Crippen LogP) is 4.79. The van der Waals surface area contributed by atoms with Gasteiger partial charge in [-0.25, -0.2) is 4.39 Å². The number of aryl methyl sites for hydroxylation is 1. The fraction of sp³-hybridized carbons (Fsp3) is 0.211. The summed E-state index contributed by atoms with van der Waals surface area (Å²) < 4.78 is 25.5. The van der Waals surface area contributed by atoms with E-state index in [0.717, 1.165) is 15.4 Å². The fourth-order valence-corrected chi connectivity index (χ4v) is 2.89. The number of benzene rings is 2. The van der Waals surface area contributed by atoms with Crippen molar-refractivity contribution in [3.63, 3.8) is 0 Å². The van der Waals surface area contributed by atoms with E-state index in [4.69, 9.17) is 9.15 Å². The van der Waals surface area contributed by atoms with Crippen molar-refractivity contribution >= 4 is 32.8 Å². The Labute approximate surface area is 153 Å². The SMILES string of the molecule is Cc1c(C(=O)N(C)CCOc2ccccc2F)oc2ccc(Br)cc12. The molecular weight excluding hydrogens is 389 g/mol. The zero-order chi connectivity index (χ0) is 18.0. The van der Waals surface area contributed by atoms with Crippen molar-refractivity contribution < 1.29 is 18.3 Å². The summed E-state index contributed by atoms with van der Waals surface area (Å²) in [7, 11) is 1.66. The normalized spacial score (nSPS) is 10.9. The molecule has 0 aliphatic heterocycles. The first kappa shape index (κ1) is 17.5. The van der Waals surface area contributed by atoms with Crippen molar-refractivity contribution in [3.8, 4) is 5.75 Å². The Hall–Kier alpha value is -2.34.